The van der Waals surface area contributed by atoms with Crippen LogP contribution in [0.15, 0.2) is 5.38 Å². The Balaban J connectivity index is 2.38. The maximum absolute atomic E-state index is 8.62. The van der Waals surface area contributed by atoms with Gasteiger partial charge < -0.3 is 10.1 Å². The Labute approximate surface area is 100 Å². The number of methoxy groups -OCH3 is 1. The van der Waals surface area contributed by atoms with Crippen LogP contribution >= 0.6 is 11.3 Å². The molecule has 0 radical (unpaired) electrons. The van der Waals surface area contributed by atoms with E-state index in [4.69, 9.17) is 10.00 Å². The molecule has 0 aliphatic heterocycles. The minimum Gasteiger partial charge on any atom is -0.378 e. The van der Waals surface area contributed by atoms with Crippen molar-refractivity contribution < 1.29 is 4.74 Å². The van der Waals surface area contributed by atoms with Crippen molar-refractivity contribution in [2.75, 3.05) is 7.11 Å². The van der Waals surface area contributed by atoms with Gasteiger partial charge in [0.2, 0.25) is 0 Å². The zero-order valence-corrected chi connectivity index (χ0v) is 10.5. The summed E-state index contributed by atoms with van der Waals surface area (Å²) >= 11 is 1.61. The first-order chi connectivity index (χ1) is 7.80. The number of thiazole rings is 1. The van der Waals surface area contributed by atoms with Crippen LogP contribution in [0.25, 0.3) is 0 Å². The largest absolute Gasteiger partial charge is 0.378 e. The zero-order valence-electron chi connectivity index (χ0n) is 9.69. The quantitative estimate of drug-likeness (QED) is 0.791. The molecule has 0 aliphatic rings. The number of hydrogen-bond acceptors (Lipinski definition) is 5. The van der Waals surface area contributed by atoms with Crippen molar-refractivity contribution in [2.45, 2.75) is 39.0 Å². The molecule has 1 atom stereocenters. The Morgan fingerprint density at radius 1 is 1.69 bits per heavy atom. The lowest BCUT2D eigenvalue weighted by molar-refractivity contribution is 0.184. The molecule has 1 aromatic rings. The van der Waals surface area contributed by atoms with Gasteiger partial charge in [0, 0.05) is 25.1 Å². The molecule has 1 unspecified atom stereocenters. The molecule has 1 rings (SSSR count). The van der Waals surface area contributed by atoms with E-state index in [9.17, 15) is 0 Å². The Morgan fingerprint density at radius 3 is 3.12 bits per heavy atom. The van der Waals surface area contributed by atoms with Crippen LogP contribution in [0.4, 0.5) is 0 Å². The summed E-state index contributed by atoms with van der Waals surface area (Å²) in [5, 5.41) is 15.0. The summed E-state index contributed by atoms with van der Waals surface area (Å²) in [6.45, 7) is 3.37. The third-order valence-corrected chi connectivity index (χ3v) is 3.14. The zero-order chi connectivity index (χ0) is 11.8. The number of nitriles is 1. The summed E-state index contributed by atoms with van der Waals surface area (Å²) in [5.41, 5.74) is 1.02. The lowest BCUT2D eigenvalue weighted by Gasteiger charge is -2.11. The third-order valence-electron chi connectivity index (χ3n) is 2.27. The predicted octanol–water partition coefficient (Wildman–Crippen LogP) is 2.07. The van der Waals surface area contributed by atoms with Gasteiger partial charge in [-0.3, -0.25) is 0 Å². The summed E-state index contributed by atoms with van der Waals surface area (Å²) in [7, 11) is 1.67. The van der Waals surface area contributed by atoms with Crippen LogP contribution < -0.4 is 5.32 Å². The number of nitrogens with one attached hydrogen (secondary N) is 1. The van der Waals surface area contributed by atoms with Gasteiger partial charge in [0.05, 0.1) is 24.8 Å². The highest BCUT2D eigenvalue weighted by molar-refractivity contribution is 7.09. The van der Waals surface area contributed by atoms with E-state index < -0.39 is 0 Å². The average molecular weight is 239 g/mol. The molecule has 0 saturated carbocycles. The Morgan fingerprint density at radius 2 is 2.50 bits per heavy atom. The lowest BCUT2D eigenvalue weighted by atomic mass is 10.1. The number of ether oxygens (including phenoxy) is 1. The molecule has 0 spiro atoms. The second kappa shape index (κ2) is 7.34. The van der Waals surface area contributed by atoms with Crippen molar-refractivity contribution in [3.05, 3.63) is 16.1 Å². The number of aromatic nitrogens is 1. The summed E-state index contributed by atoms with van der Waals surface area (Å²) < 4.78 is 5.01. The highest BCUT2D eigenvalue weighted by Gasteiger charge is 2.06. The molecule has 4 nitrogen and oxygen atoms in total. The van der Waals surface area contributed by atoms with E-state index in [-0.39, 0.29) is 6.04 Å². The van der Waals surface area contributed by atoms with Crippen molar-refractivity contribution in [1.82, 2.24) is 10.3 Å². The van der Waals surface area contributed by atoms with E-state index in [1.54, 1.807) is 18.4 Å². The van der Waals surface area contributed by atoms with E-state index in [0.717, 1.165) is 23.7 Å². The molecule has 0 saturated heterocycles. The molecule has 1 aromatic heterocycles. The normalized spacial score (nSPS) is 12.3. The molecule has 0 aromatic carbocycles. The fourth-order valence-electron chi connectivity index (χ4n) is 1.34. The lowest BCUT2D eigenvalue weighted by Crippen LogP contribution is -2.27. The molecule has 0 bridgehead atoms. The standard InChI is InChI=1S/C11H17N3OS/c1-3-9(4-5-12)13-6-10-8-16-11(14-10)7-15-2/h8-9,13H,3-4,6-7H2,1-2H3. The van der Waals surface area contributed by atoms with Gasteiger partial charge in [-0.15, -0.1) is 11.3 Å². The topological polar surface area (TPSA) is 57.9 Å². The number of rotatable bonds is 7. The van der Waals surface area contributed by atoms with Gasteiger partial charge in [-0.1, -0.05) is 6.92 Å². The molecule has 0 aliphatic carbocycles. The minimum absolute atomic E-state index is 0.262. The summed E-state index contributed by atoms with van der Waals surface area (Å²) in [6, 6.07) is 2.44. The van der Waals surface area contributed by atoms with Crippen molar-refractivity contribution in [3.8, 4) is 6.07 Å². The van der Waals surface area contributed by atoms with Gasteiger partial charge in [-0.2, -0.15) is 5.26 Å². The van der Waals surface area contributed by atoms with Gasteiger partial charge in [0.15, 0.2) is 0 Å². The molecule has 0 amide bonds. The van der Waals surface area contributed by atoms with E-state index in [1.165, 1.54) is 0 Å². The van der Waals surface area contributed by atoms with Crippen LogP contribution in [-0.2, 0) is 17.9 Å². The predicted molar refractivity (Wildman–Crippen MR) is 64.0 cm³/mol. The molecule has 88 valence electrons. The fourth-order valence-corrected chi connectivity index (χ4v) is 2.10. The van der Waals surface area contributed by atoms with E-state index in [0.29, 0.717) is 13.0 Å². The Kier molecular flexibility index (Phi) is 6.01. The fraction of sp³-hybridized carbons (Fsp3) is 0.636. The Hall–Kier alpha value is -0.960. The molecule has 1 heterocycles. The van der Waals surface area contributed by atoms with Crippen molar-refractivity contribution in [3.63, 3.8) is 0 Å². The number of nitrogens with zero attached hydrogens (tertiary/aromatic N) is 2. The molecule has 5 heteroatoms. The van der Waals surface area contributed by atoms with Crippen molar-refractivity contribution in [1.29, 1.82) is 5.26 Å². The SMILES string of the molecule is CCC(CC#N)NCc1csc(COC)n1. The van der Waals surface area contributed by atoms with Gasteiger partial charge >= 0.3 is 0 Å². The first kappa shape index (κ1) is 13.1. The Bertz CT molecular complexity index is 345. The monoisotopic (exact) mass is 239 g/mol. The van der Waals surface area contributed by atoms with E-state index in [1.807, 2.05) is 5.38 Å². The highest BCUT2D eigenvalue weighted by atomic mass is 32.1. The van der Waals surface area contributed by atoms with Crippen LogP contribution in [0.3, 0.4) is 0 Å². The molecular weight excluding hydrogens is 222 g/mol. The summed E-state index contributed by atoms with van der Waals surface area (Å²) in [5.74, 6) is 0. The number of hydrogen-bond donors (Lipinski definition) is 1. The smallest absolute Gasteiger partial charge is 0.119 e. The first-order valence-corrected chi connectivity index (χ1v) is 6.20. The maximum Gasteiger partial charge on any atom is 0.119 e. The van der Waals surface area contributed by atoms with E-state index >= 15 is 0 Å². The summed E-state index contributed by atoms with van der Waals surface area (Å²) in [4.78, 5) is 4.41. The van der Waals surface area contributed by atoms with Gasteiger partial charge in [0.25, 0.3) is 0 Å². The molecule has 1 N–H and O–H groups in total. The maximum atomic E-state index is 8.62. The first-order valence-electron chi connectivity index (χ1n) is 5.32. The average Bonchev–Trinajstić information content (AvgIpc) is 2.72. The van der Waals surface area contributed by atoms with Gasteiger partial charge in [0.1, 0.15) is 5.01 Å². The second-order valence-corrected chi connectivity index (χ2v) is 4.46. The van der Waals surface area contributed by atoms with Gasteiger partial charge in [-0.25, -0.2) is 4.98 Å². The van der Waals surface area contributed by atoms with Crippen LogP contribution in [0, 0.1) is 11.3 Å². The van der Waals surface area contributed by atoms with Crippen LogP contribution in [0.5, 0.6) is 0 Å². The van der Waals surface area contributed by atoms with Gasteiger partial charge in [-0.05, 0) is 6.42 Å². The second-order valence-electron chi connectivity index (χ2n) is 3.51. The summed E-state index contributed by atoms with van der Waals surface area (Å²) in [6.07, 6.45) is 1.51. The molecule has 0 fully saturated rings. The van der Waals surface area contributed by atoms with E-state index in [2.05, 4.69) is 23.3 Å². The van der Waals surface area contributed by atoms with Crippen LogP contribution in [-0.4, -0.2) is 18.1 Å². The van der Waals surface area contributed by atoms with Crippen LogP contribution in [0.1, 0.15) is 30.5 Å². The highest BCUT2D eigenvalue weighted by Crippen LogP contribution is 2.11. The van der Waals surface area contributed by atoms with Crippen molar-refractivity contribution >= 4 is 11.3 Å². The third kappa shape index (κ3) is 4.27. The molecular formula is C11H17N3OS. The van der Waals surface area contributed by atoms with Crippen LogP contribution in [0.2, 0.25) is 0 Å². The van der Waals surface area contributed by atoms with Crippen molar-refractivity contribution in [2.24, 2.45) is 0 Å². The molecule has 16 heavy (non-hydrogen) atoms. The minimum atomic E-state index is 0.262.